The Hall–Kier alpha value is -3.49. The Labute approximate surface area is 174 Å². The van der Waals surface area contributed by atoms with E-state index in [-0.39, 0.29) is 11.5 Å². The fourth-order valence-electron chi connectivity index (χ4n) is 4.58. The van der Waals surface area contributed by atoms with Crippen LogP contribution in [-0.4, -0.2) is 44.1 Å². The highest BCUT2D eigenvalue weighted by molar-refractivity contribution is 5.62. The van der Waals surface area contributed by atoms with E-state index in [1.165, 1.54) is 6.33 Å². The van der Waals surface area contributed by atoms with Crippen LogP contribution in [0.3, 0.4) is 0 Å². The molecule has 0 saturated carbocycles. The van der Waals surface area contributed by atoms with Crippen molar-refractivity contribution in [1.82, 2.24) is 24.5 Å². The lowest BCUT2D eigenvalue weighted by Crippen LogP contribution is -2.47. The molecular weight excluding hydrogens is 380 g/mol. The zero-order valence-electron chi connectivity index (χ0n) is 16.8. The van der Waals surface area contributed by atoms with Crippen LogP contribution >= 0.6 is 0 Å². The van der Waals surface area contributed by atoms with Crippen molar-refractivity contribution in [2.45, 2.75) is 25.8 Å². The average molecular weight is 404 g/mol. The van der Waals surface area contributed by atoms with Crippen molar-refractivity contribution in [3.8, 4) is 11.3 Å². The summed E-state index contributed by atoms with van der Waals surface area (Å²) >= 11 is 0. The molecule has 3 N–H and O–H groups in total. The molecule has 3 aromatic rings. The molecule has 3 aromatic heterocycles. The Balaban J connectivity index is 1.49. The maximum absolute atomic E-state index is 12.9. The largest absolute Gasteiger partial charge is 0.384 e. The van der Waals surface area contributed by atoms with Crippen molar-refractivity contribution < 1.29 is 0 Å². The standard InChI is InChI=1S/C21H24N8O/c1-2-23-19-3-4-24-21(27-19)28-9-13-5-15(11-28)17-6-14(7-20(30)29(17)10-13)16-8-18(22)26-12-25-16/h3-4,6-8,12-13,15H,2,5,9-11H2,1H3,(H2,22,25,26)(H,23,24,27)/t13-,15+/m0/s1. The SMILES string of the molecule is CCNc1ccnc(N2C[C@@H]3C[C@H](C2)c2cc(-c4cc(N)ncn4)cc(=O)n2C3)n1. The molecule has 0 radical (unpaired) electrons. The van der Waals surface area contributed by atoms with Crippen molar-refractivity contribution in [3.63, 3.8) is 0 Å². The number of rotatable bonds is 4. The maximum Gasteiger partial charge on any atom is 0.251 e. The van der Waals surface area contributed by atoms with Crippen molar-refractivity contribution in [2.75, 3.05) is 35.6 Å². The van der Waals surface area contributed by atoms with Crippen molar-refractivity contribution in [2.24, 2.45) is 5.92 Å². The third kappa shape index (κ3) is 3.36. The predicted octanol–water partition coefficient (Wildman–Crippen LogP) is 1.73. The number of hydrogen-bond donors (Lipinski definition) is 2. The molecule has 2 aliphatic heterocycles. The molecule has 1 fully saturated rings. The molecule has 2 aliphatic rings. The van der Waals surface area contributed by atoms with Crippen LogP contribution in [0, 0.1) is 5.92 Å². The first-order valence-corrected chi connectivity index (χ1v) is 10.2. The van der Waals surface area contributed by atoms with Gasteiger partial charge in [-0.3, -0.25) is 4.79 Å². The minimum atomic E-state index is 0.00762. The van der Waals surface area contributed by atoms with E-state index in [2.05, 4.69) is 36.2 Å². The van der Waals surface area contributed by atoms with E-state index in [0.29, 0.717) is 24.0 Å². The van der Waals surface area contributed by atoms with E-state index in [4.69, 9.17) is 5.73 Å². The van der Waals surface area contributed by atoms with E-state index in [9.17, 15) is 4.79 Å². The van der Waals surface area contributed by atoms with Crippen LogP contribution in [0.5, 0.6) is 0 Å². The number of hydrogen-bond acceptors (Lipinski definition) is 8. The fraction of sp³-hybridized carbons (Fsp3) is 0.381. The topological polar surface area (TPSA) is 115 Å². The number of nitrogens with two attached hydrogens (primary N) is 1. The number of aromatic nitrogens is 5. The lowest BCUT2D eigenvalue weighted by atomic mass is 9.82. The summed E-state index contributed by atoms with van der Waals surface area (Å²) in [5, 5.41) is 3.25. The van der Waals surface area contributed by atoms with Gasteiger partial charge in [0, 0.05) is 61.7 Å². The first-order chi connectivity index (χ1) is 14.6. The zero-order valence-corrected chi connectivity index (χ0v) is 16.8. The van der Waals surface area contributed by atoms with Crippen molar-refractivity contribution >= 4 is 17.6 Å². The Morgan fingerprint density at radius 1 is 1.17 bits per heavy atom. The van der Waals surface area contributed by atoms with Crippen molar-refractivity contribution in [3.05, 3.63) is 52.8 Å². The predicted molar refractivity (Wildman–Crippen MR) is 115 cm³/mol. The molecule has 2 bridgehead atoms. The molecule has 2 atom stereocenters. The lowest BCUT2D eigenvalue weighted by molar-refractivity contribution is 0.280. The monoisotopic (exact) mass is 404 g/mol. The molecule has 5 rings (SSSR count). The van der Waals surface area contributed by atoms with Gasteiger partial charge in [0.2, 0.25) is 5.95 Å². The van der Waals surface area contributed by atoms with Gasteiger partial charge in [0.1, 0.15) is 18.0 Å². The number of piperidine rings is 1. The second-order valence-corrected chi connectivity index (χ2v) is 7.92. The summed E-state index contributed by atoms with van der Waals surface area (Å²) in [5.74, 6) is 2.58. The van der Waals surface area contributed by atoms with Crippen molar-refractivity contribution in [1.29, 1.82) is 0 Å². The number of nitrogen functional groups attached to an aromatic ring is 1. The second-order valence-electron chi connectivity index (χ2n) is 7.92. The zero-order chi connectivity index (χ0) is 20.7. The van der Waals surface area contributed by atoms with Gasteiger partial charge in [0.15, 0.2) is 0 Å². The third-order valence-electron chi connectivity index (χ3n) is 5.82. The summed E-state index contributed by atoms with van der Waals surface area (Å²) < 4.78 is 1.92. The Morgan fingerprint density at radius 2 is 2.07 bits per heavy atom. The van der Waals surface area contributed by atoms with Gasteiger partial charge in [-0.1, -0.05) is 0 Å². The van der Waals surface area contributed by atoms with Crippen LogP contribution in [0.2, 0.25) is 0 Å². The molecule has 9 heteroatoms. The maximum atomic E-state index is 12.9. The summed E-state index contributed by atoms with van der Waals surface area (Å²) in [6, 6.07) is 7.30. The highest BCUT2D eigenvalue weighted by atomic mass is 16.1. The van der Waals surface area contributed by atoms with Crippen LogP contribution in [0.1, 0.15) is 25.0 Å². The van der Waals surface area contributed by atoms with Crippen LogP contribution in [-0.2, 0) is 6.54 Å². The molecule has 0 spiro atoms. The molecule has 5 heterocycles. The minimum Gasteiger partial charge on any atom is -0.384 e. The molecule has 0 amide bonds. The number of pyridine rings is 1. The van der Waals surface area contributed by atoms with Gasteiger partial charge in [0.05, 0.1) is 5.69 Å². The molecule has 1 saturated heterocycles. The highest BCUT2D eigenvalue weighted by Gasteiger charge is 2.36. The summed E-state index contributed by atoms with van der Waals surface area (Å²) in [4.78, 5) is 32.5. The molecule has 0 aromatic carbocycles. The van der Waals surface area contributed by atoms with Gasteiger partial charge in [-0.05, 0) is 31.4 Å². The summed E-state index contributed by atoms with van der Waals surface area (Å²) in [5.41, 5.74) is 8.30. The van der Waals surface area contributed by atoms with Gasteiger partial charge < -0.3 is 20.5 Å². The van der Waals surface area contributed by atoms with Gasteiger partial charge in [-0.25, -0.2) is 15.0 Å². The summed E-state index contributed by atoms with van der Waals surface area (Å²) in [6.45, 7) is 5.20. The molecule has 154 valence electrons. The van der Waals surface area contributed by atoms with E-state index >= 15 is 0 Å². The Bertz CT molecular complexity index is 1140. The van der Waals surface area contributed by atoms with Crippen LogP contribution in [0.25, 0.3) is 11.3 Å². The third-order valence-corrected chi connectivity index (χ3v) is 5.82. The molecular formula is C21H24N8O. The quantitative estimate of drug-likeness (QED) is 0.676. The molecule has 0 unspecified atom stereocenters. The molecule has 0 aliphatic carbocycles. The van der Waals surface area contributed by atoms with Gasteiger partial charge >= 0.3 is 0 Å². The van der Waals surface area contributed by atoms with Gasteiger partial charge in [0.25, 0.3) is 5.56 Å². The van der Waals surface area contributed by atoms with E-state index in [1.54, 1.807) is 18.3 Å². The van der Waals surface area contributed by atoms with Gasteiger partial charge in [-0.15, -0.1) is 0 Å². The van der Waals surface area contributed by atoms with Gasteiger partial charge in [-0.2, -0.15) is 4.98 Å². The minimum absolute atomic E-state index is 0.00762. The van der Waals surface area contributed by atoms with Crippen LogP contribution in [0.4, 0.5) is 17.6 Å². The van der Waals surface area contributed by atoms with E-state index in [0.717, 1.165) is 49.1 Å². The highest BCUT2D eigenvalue weighted by Crippen LogP contribution is 2.37. The molecule has 30 heavy (non-hydrogen) atoms. The van der Waals surface area contributed by atoms with E-state index < -0.39 is 0 Å². The van der Waals surface area contributed by atoms with E-state index in [1.807, 2.05) is 17.6 Å². The summed E-state index contributed by atoms with van der Waals surface area (Å²) in [6.07, 6.45) is 4.27. The lowest BCUT2D eigenvalue weighted by Gasteiger charge is -2.43. The Morgan fingerprint density at radius 3 is 2.90 bits per heavy atom. The Kier molecular flexibility index (Phi) is 4.57. The van der Waals surface area contributed by atoms with Crippen LogP contribution in [0.15, 0.2) is 41.6 Å². The number of nitrogens with one attached hydrogen (secondary N) is 1. The molecule has 9 nitrogen and oxygen atoms in total. The number of anilines is 3. The average Bonchev–Trinajstić information content (AvgIpc) is 2.75. The van der Waals surface area contributed by atoms with Crippen LogP contribution < -0.4 is 21.5 Å². The fourth-order valence-corrected chi connectivity index (χ4v) is 4.58. The smallest absolute Gasteiger partial charge is 0.251 e. The normalized spacial score (nSPS) is 20.0. The first kappa shape index (κ1) is 18.5. The summed E-state index contributed by atoms with van der Waals surface area (Å²) in [7, 11) is 0. The number of fused-ring (bicyclic) bond motifs is 4. The second kappa shape index (κ2) is 7.40. The number of nitrogens with zero attached hydrogens (tertiary/aromatic N) is 6. The first-order valence-electron chi connectivity index (χ1n) is 10.2.